The topological polar surface area (TPSA) is 44.7 Å². The van der Waals surface area contributed by atoms with E-state index in [2.05, 4.69) is 5.32 Å². The first-order valence-electron chi connectivity index (χ1n) is 11.0. The molecule has 1 atom stereocenters. The first-order valence-corrected chi connectivity index (χ1v) is 12.0. The Morgan fingerprint density at radius 3 is 2.18 bits per heavy atom. The van der Waals surface area contributed by atoms with E-state index in [1.807, 2.05) is 11.8 Å². The summed E-state index contributed by atoms with van der Waals surface area (Å²) < 4.78 is 78.4. The Morgan fingerprint density at radius 2 is 1.65 bits per heavy atom. The van der Waals surface area contributed by atoms with Crippen LogP contribution in [-0.4, -0.2) is 40.4 Å². The number of thioether (sulfide) groups is 1. The van der Waals surface area contributed by atoms with Crippen LogP contribution >= 0.6 is 24.2 Å². The number of amidine groups is 1. The molecule has 12 heteroatoms. The van der Waals surface area contributed by atoms with Gasteiger partial charge in [-0.1, -0.05) is 37.9 Å². The summed E-state index contributed by atoms with van der Waals surface area (Å²) >= 11 is 1.55. The summed E-state index contributed by atoms with van der Waals surface area (Å²) in [7, 11) is 0. The molecule has 1 saturated carbocycles. The maximum absolute atomic E-state index is 13.1. The fraction of sp³-hybridized carbons (Fsp3) is 0.636. The number of aliphatic imine (C=N–C) groups is 1. The van der Waals surface area contributed by atoms with Crippen molar-refractivity contribution in [2.24, 2.45) is 4.99 Å². The number of nitrogens with zero attached hydrogens (tertiary/aromatic N) is 2. The lowest BCUT2D eigenvalue weighted by Crippen LogP contribution is -2.37. The molecule has 2 fully saturated rings. The Hall–Kier alpha value is -1.62. The summed E-state index contributed by atoms with van der Waals surface area (Å²) in [5.41, 5.74) is -3.44. The molecule has 0 spiro atoms. The van der Waals surface area contributed by atoms with E-state index in [0.29, 0.717) is 24.4 Å². The van der Waals surface area contributed by atoms with Gasteiger partial charge in [0.25, 0.3) is 0 Å². The van der Waals surface area contributed by atoms with Gasteiger partial charge in [0.2, 0.25) is 5.91 Å². The highest BCUT2D eigenvalue weighted by Crippen LogP contribution is 2.38. The van der Waals surface area contributed by atoms with Crippen molar-refractivity contribution >= 4 is 40.9 Å². The molecular formula is C22H28ClF6N3OS. The fourth-order valence-corrected chi connectivity index (χ4v) is 5.39. The minimum absolute atomic E-state index is 0. The number of benzene rings is 1. The lowest BCUT2D eigenvalue weighted by Gasteiger charge is -2.27. The smallest absolute Gasteiger partial charge is 0.347 e. The van der Waals surface area contributed by atoms with Gasteiger partial charge in [0.15, 0.2) is 5.17 Å². The second kappa shape index (κ2) is 11.9. The zero-order valence-corrected chi connectivity index (χ0v) is 20.3. The number of amides is 1. The number of nitrogens with one attached hydrogen (secondary N) is 1. The van der Waals surface area contributed by atoms with E-state index in [-0.39, 0.29) is 37.0 Å². The number of halogens is 7. The number of carbonyl (C=O) groups excluding carboxylic acids is 1. The van der Waals surface area contributed by atoms with Crippen molar-refractivity contribution in [1.29, 1.82) is 0 Å². The quantitative estimate of drug-likeness (QED) is 0.402. The van der Waals surface area contributed by atoms with Gasteiger partial charge in [-0.05, 0) is 37.5 Å². The van der Waals surface area contributed by atoms with Crippen LogP contribution < -0.4 is 5.32 Å². The van der Waals surface area contributed by atoms with Crippen LogP contribution in [-0.2, 0) is 17.1 Å². The van der Waals surface area contributed by atoms with E-state index < -0.39 is 35.1 Å². The predicted molar refractivity (Wildman–Crippen MR) is 124 cm³/mol. The van der Waals surface area contributed by atoms with Gasteiger partial charge in [0.05, 0.1) is 17.2 Å². The Morgan fingerprint density at radius 1 is 1.06 bits per heavy atom. The van der Waals surface area contributed by atoms with Gasteiger partial charge in [-0.3, -0.25) is 9.79 Å². The minimum Gasteiger partial charge on any atom is -0.347 e. The second-order valence-corrected chi connectivity index (χ2v) is 9.40. The summed E-state index contributed by atoms with van der Waals surface area (Å²) in [5, 5.41) is 3.11. The maximum Gasteiger partial charge on any atom is 0.416 e. The van der Waals surface area contributed by atoms with Gasteiger partial charge in [0.1, 0.15) is 0 Å². The van der Waals surface area contributed by atoms with Crippen LogP contribution in [0.3, 0.4) is 0 Å². The molecule has 1 aliphatic heterocycles. The van der Waals surface area contributed by atoms with Crippen LogP contribution in [0.5, 0.6) is 0 Å². The lowest BCUT2D eigenvalue weighted by atomic mass is 9.96. The molecule has 1 aromatic carbocycles. The minimum atomic E-state index is -4.97. The fourth-order valence-electron chi connectivity index (χ4n) is 4.12. The molecule has 0 aromatic heterocycles. The average Bonchev–Trinajstić information content (AvgIpc) is 3.08. The summed E-state index contributed by atoms with van der Waals surface area (Å²) in [6, 6.07) is 1.14. The van der Waals surface area contributed by atoms with Gasteiger partial charge in [-0.15, -0.1) is 12.4 Å². The molecule has 1 N–H and O–H groups in total. The molecule has 1 saturated heterocycles. The first kappa shape index (κ1) is 28.6. The zero-order chi connectivity index (χ0) is 24.2. The number of hydrogen-bond acceptors (Lipinski definition) is 3. The van der Waals surface area contributed by atoms with Gasteiger partial charge in [0, 0.05) is 30.4 Å². The molecule has 34 heavy (non-hydrogen) atoms. The highest BCUT2D eigenvalue weighted by Gasteiger charge is 2.37. The molecule has 0 radical (unpaired) electrons. The molecule has 2 aliphatic rings. The summed E-state index contributed by atoms with van der Waals surface area (Å²) in [6.07, 6.45) is -3.60. The van der Waals surface area contributed by atoms with Gasteiger partial charge in [-0.2, -0.15) is 26.3 Å². The van der Waals surface area contributed by atoms with E-state index in [1.165, 1.54) is 6.42 Å². The Balaban J connectivity index is 0.00000408. The number of alkyl halides is 6. The molecule has 192 valence electrons. The molecule has 1 aliphatic carbocycles. The predicted octanol–water partition coefficient (Wildman–Crippen LogP) is 6.99. The van der Waals surface area contributed by atoms with E-state index in [1.54, 1.807) is 11.8 Å². The highest BCUT2D eigenvalue weighted by molar-refractivity contribution is 8.14. The lowest BCUT2D eigenvalue weighted by molar-refractivity contribution is -0.143. The van der Waals surface area contributed by atoms with E-state index in [0.717, 1.165) is 37.3 Å². The number of rotatable bonds is 6. The van der Waals surface area contributed by atoms with Crippen LogP contribution in [0.4, 0.5) is 32.0 Å². The third-order valence-electron chi connectivity index (χ3n) is 5.72. The number of hydrogen-bond donors (Lipinski definition) is 1. The maximum atomic E-state index is 13.1. The van der Waals surface area contributed by atoms with Crippen LogP contribution in [0.1, 0.15) is 63.0 Å². The third-order valence-corrected chi connectivity index (χ3v) is 6.87. The molecular weight excluding hydrogens is 504 g/mol. The summed E-state index contributed by atoms with van der Waals surface area (Å²) in [4.78, 5) is 19.5. The summed E-state index contributed by atoms with van der Waals surface area (Å²) in [6.45, 7) is 2.68. The molecule has 1 unspecified atom stereocenters. The normalized spacial score (nSPS) is 21.0. The van der Waals surface area contributed by atoms with E-state index in [9.17, 15) is 31.1 Å². The second-order valence-electron chi connectivity index (χ2n) is 8.41. The Labute approximate surface area is 205 Å². The molecule has 1 aromatic rings. The molecule has 1 heterocycles. The zero-order valence-electron chi connectivity index (χ0n) is 18.6. The highest BCUT2D eigenvalue weighted by atomic mass is 35.5. The van der Waals surface area contributed by atoms with Crippen LogP contribution in [0.15, 0.2) is 23.2 Å². The third kappa shape index (κ3) is 7.69. The van der Waals surface area contributed by atoms with Gasteiger partial charge >= 0.3 is 12.4 Å². The van der Waals surface area contributed by atoms with Crippen molar-refractivity contribution in [3.05, 3.63) is 29.3 Å². The molecule has 4 nitrogen and oxygen atoms in total. The van der Waals surface area contributed by atoms with Crippen LogP contribution in [0.25, 0.3) is 0 Å². The SMILES string of the molecule is CCCN1C(=NC2CCCCC2)SCC1CC(=O)Nc1cc(C(F)(F)F)cc(C(F)(F)F)c1.Cl. The van der Waals surface area contributed by atoms with Gasteiger partial charge < -0.3 is 10.2 Å². The number of carbonyl (C=O) groups is 1. The van der Waals surface area contributed by atoms with Crippen molar-refractivity contribution in [1.82, 2.24) is 4.90 Å². The van der Waals surface area contributed by atoms with E-state index in [4.69, 9.17) is 4.99 Å². The van der Waals surface area contributed by atoms with Gasteiger partial charge in [-0.25, -0.2) is 0 Å². The standard InChI is InChI=1S/C22H27F6N3OS.ClH/c1-2-8-31-18(13-33-20(31)30-16-6-4-3-5-7-16)12-19(32)29-17-10-14(21(23,24)25)9-15(11-17)22(26,27)28;/h9-11,16,18H,2-8,12-13H2,1H3,(H,29,32);1H. The van der Waals surface area contributed by atoms with Crippen molar-refractivity contribution in [2.75, 3.05) is 17.6 Å². The van der Waals surface area contributed by atoms with Crippen molar-refractivity contribution in [2.45, 2.75) is 76.3 Å². The van der Waals surface area contributed by atoms with Crippen molar-refractivity contribution < 1.29 is 31.1 Å². The largest absolute Gasteiger partial charge is 0.416 e. The van der Waals surface area contributed by atoms with Crippen molar-refractivity contribution in [3.63, 3.8) is 0 Å². The molecule has 1 amide bonds. The summed E-state index contributed by atoms with van der Waals surface area (Å²) in [5.74, 6) is -0.0388. The first-order chi connectivity index (χ1) is 15.5. The average molecular weight is 532 g/mol. The van der Waals surface area contributed by atoms with Crippen LogP contribution in [0, 0.1) is 0 Å². The monoisotopic (exact) mass is 531 g/mol. The van der Waals surface area contributed by atoms with E-state index >= 15 is 0 Å². The molecule has 0 bridgehead atoms. The van der Waals surface area contributed by atoms with Crippen molar-refractivity contribution in [3.8, 4) is 0 Å². The molecule has 3 rings (SSSR count). The number of anilines is 1. The Bertz CT molecular complexity index is 839. The van der Waals surface area contributed by atoms with Crippen LogP contribution in [0.2, 0.25) is 0 Å². The Kier molecular flexibility index (Phi) is 10.00.